The van der Waals surface area contributed by atoms with E-state index in [-0.39, 0.29) is 11.1 Å². The Kier molecular flexibility index (Phi) is 5.67. The van der Waals surface area contributed by atoms with E-state index in [9.17, 15) is 10.1 Å². The van der Waals surface area contributed by atoms with Crippen LogP contribution in [0.5, 0.6) is 0 Å². The lowest BCUT2D eigenvalue weighted by Gasteiger charge is -2.21. The van der Waals surface area contributed by atoms with Crippen LogP contribution in [-0.2, 0) is 11.3 Å². The van der Waals surface area contributed by atoms with E-state index in [2.05, 4.69) is 4.98 Å². The number of hydrogen-bond acceptors (Lipinski definition) is 3. The van der Waals surface area contributed by atoms with Crippen molar-refractivity contribution in [3.8, 4) is 17.2 Å². The molecular formula is C21H24N2O2. The molecule has 1 aromatic heterocycles. The van der Waals surface area contributed by atoms with Gasteiger partial charge in [0.05, 0.1) is 6.61 Å². The first-order chi connectivity index (χ1) is 12.2. The van der Waals surface area contributed by atoms with Gasteiger partial charge in [0.1, 0.15) is 11.6 Å². The van der Waals surface area contributed by atoms with Crippen LogP contribution in [0.4, 0.5) is 0 Å². The molecule has 1 N–H and O–H groups in total. The number of benzene rings is 1. The molecule has 0 spiro atoms. The van der Waals surface area contributed by atoms with Gasteiger partial charge in [0.2, 0.25) is 0 Å². The highest BCUT2D eigenvalue weighted by Gasteiger charge is 2.14. The van der Waals surface area contributed by atoms with Crippen LogP contribution in [-0.4, -0.2) is 11.6 Å². The Morgan fingerprint density at radius 3 is 2.80 bits per heavy atom. The zero-order valence-corrected chi connectivity index (χ0v) is 14.7. The van der Waals surface area contributed by atoms with Crippen molar-refractivity contribution in [1.29, 1.82) is 5.26 Å². The van der Waals surface area contributed by atoms with Crippen molar-refractivity contribution >= 4 is 0 Å². The third kappa shape index (κ3) is 4.37. The summed E-state index contributed by atoms with van der Waals surface area (Å²) in [5, 5.41) is 9.31. The van der Waals surface area contributed by atoms with Crippen LogP contribution in [0, 0.1) is 24.2 Å². The number of pyridine rings is 1. The van der Waals surface area contributed by atoms with Crippen LogP contribution in [0.15, 0.2) is 35.1 Å². The lowest BCUT2D eigenvalue weighted by molar-refractivity contribution is 0.0739. The summed E-state index contributed by atoms with van der Waals surface area (Å²) in [7, 11) is 0. The predicted molar refractivity (Wildman–Crippen MR) is 98.2 cm³/mol. The molecule has 1 aliphatic carbocycles. The van der Waals surface area contributed by atoms with Gasteiger partial charge in [-0.1, -0.05) is 37.5 Å². The Balaban J connectivity index is 1.74. The van der Waals surface area contributed by atoms with Gasteiger partial charge in [0, 0.05) is 17.9 Å². The molecule has 4 nitrogen and oxygen atoms in total. The fourth-order valence-corrected chi connectivity index (χ4v) is 3.55. The van der Waals surface area contributed by atoms with Crippen molar-refractivity contribution in [2.24, 2.45) is 5.92 Å². The minimum atomic E-state index is -0.337. The normalized spacial score (nSPS) is 15.0. The highest BCUT2D eigenvalue weighted by atomic mass is 16.5. The van der Waals surface area contributed by atoms with E-state index in [1.807, 2.05) is 43.3 Å². The Morgan fingerprint density at radius 2 is 2.04 bits per heavy atom. The highest BCUT2D eigenvalue weighted by molar-refractivity contribution is 5.70. The van der Waals surface area contributed by atoms with Crippen molar-refractivity contribution in [2.45, 2.75) is 45.6 Å². The van der Waals surface area contributed by atoms with E-state index in [1.54, 1.807) is 0 Å². The molecule has 0 unspecified atom stereocenters. The van der Waals surface area contributed by atoms with E-state index in [0.717, 1.165) is 23.4 Å². The standard InChI is InChI=1S/C21H24N2O2/c1-15-10-19(20(12-22)21(24)23-15)18-9-5-8-17(11-18)14-25-13-16-6-3-2-4-7-16/h5,8-11,16H,2-4,6-7,13-14H2,1H3,(H,23,24). The lowest BCUT2D eigenvalue weighted by atomic mass is 9.90. The number of ether oxygens (including phenoxy) is 1. The van der Waals surface area contributed by atoms with Crippen LogP contribution in [0.1, 0.15) is 48.9 Å². The average molecular weight is 336 g/mol. The Labute approximate surface area is 148 Å². The summed E-state index contributed by atoms with van der Waals surface area (Å²) >= 11 is 0. The van der Waals surface area contributed by atoms with Crippen LogP contribution < -0.4 is 5.56 Å². The number of nitriles is 1. The molecule has 4 heteroatoms. The van der Waals surface area contributed by atoms with E-state index in [4.69, 9.17) is 4.74 Å². The summed E-state index contributed by atoms with van der Waals surface area (Å²) in [6, 6.07) is 11.8. The van der Waals surface area contributed by atoms with Crippen molar-refractivity contribution in [3.63, 3.8) is 0 Å². The van der Waals surface area contributed by atoms with Gasteiger partial charge in [-0.05, 0) is 48.9 Å². The minimum Gasteiger partial charge on any atom is -0.376 e. The Morgan fingerprint density at radius 1 is 1.24 bits per heavy atom. The van der Waals surface area contributed by atoms with Gasteiger partial charge < -0.3 is 9.72 Å². The van der Waals surface area contributed by atoms with Crippen molar-refractivity contribution in [3.05, 3.63) is 57.5 Å². The van der Waals surface area contributed by atoms with Crippen molar-refractivity contribution < 1.29 is 4.74 Å². The van der Waals surface area contributed by atoms with E-state index in [1.165, 1.54) is 32.1 Å². The zero-order chi connectivity index (χ0) is 17.6. The summed E-state index contributed by atoms with van der Waals surface area (Å²) in [6.07, 6.45) is 6.55. The molecule has 0 aliphatic heterocycles. The Bertz CT molecular complexity index is 827. The molecule has 0 bridgehead atoms. The van der Waals surface area contributed by atoms with Crippen LogP contribution >= 0.6 is 0 Å². The van der Waals surface area contributed by atoms with Crippen molar-refractivity contribution in [1.82, 2.24) is 4.98 Å². The van der Waals surface area contributed by atoms with Gasteiger partial charge in [-0.3, -0.25) is 4.79 Å². The molecule has 1 fully saturated rings. The topological polar surface area (TPSA) is 65.9 Å². The molecule has 2 aromatic rings. The average Bonchev–Trinajstić information content (AvgIpc) is 2.62. The number of nitrogens with one attached hydrogen (secondary N) is 1. The van der Waals surface area contributed by atoms with Gasteiger partial charge in [0.15, 0.2) is 0 Å². The second-order valence-electron chi connectivity index (χ2n) is 6.90. The second-order valence-corrected chi connectivity index (χ2v) is 6.90. The molecular weight excluding hydrogens is 312 g/mol. The largest absolute Gasteiger partial charge is 0.376 e. The van der Waals surface area contributed by atoms with E-state index >= 15 is 0 Å². The molecule has 1 aliphatic rings. The number of H-pyrrole nitrogens is 1. The maximum Gasteiger partial charge on any atom is 0.266 e. The van der Waals surface area contributed by atoms with Gasteiger partial charge >= 0.3 is 0 Å². The summed E-state index contributed by atoms with van der Waals surface area (Å²) in [5.41, 5.74) is 3.19. The first kappa shape index (κ1) is 17.4. The van der Waals surface area contributed by atoms with Crippen LogP contribution in [0.3, 0.4) is 0 Å². The summed E-state index contributed by atoms with van der Waals surface area (Å²) in [4.78, 5) is 14.7. The predicted octanol–water partition coefficient (Wildman–Crippen LogP) is 4.32. The van der Waals surface area contributed by atoms with Crippen LogP contribution in [0.2, 0.25) is 0 Å². The van der Waals surface area contributed by atoms with Crippen molar-refractivity contribution in [2.75, 3.05) is 6.61 Å². The molecule has 130 valence electrons. The quantitative estimate of drug-likeness (QED) is 0.884. The second kappa shape index (κ2) is 8.13. The number of aromatic nitrogens is 1. The fraction of sp³-hybridized carbons (Fsp3) is 0.429. The molecule has 0 amide bonds. The first-order valence-corrected chi connectivity index (χ1v) is 8.98. The molecule has 1 saturated carbocycles. The summed E-state index contributed by atoms with van der Waals surface area (Å²) in [6.45, 7) is 3.20. The molecule has 3 rings (SSSR count). The molecule has 0 atom stereocenters. The smallest absolute Gasteiger partial charge is 0.266 e. The third-order valence-electron chi connectivity index (χ3n) is 4.86. The van der Waals surface area contributed by atoms with E-state index in [0.29, 0.717) is 18.1 Å². The number of rotatable bonds is 5. The summed E-state index contributed by atoms with van der Waals surface area (Å²) in [5.74, 6) is 0.692. The molecule has 25 heavy (non-hydrogen) atoms. The third-order valence-corrected chi connectivity index (χ3v) is 4.86. The van der Waals surface area contributed by atoms with Gasteiger partial charge in [-0.25, -0.2) is 0 Å². The zero-order valence-electron chi connectivity index (χ0n) is 14.7. The first-order valence-electron chi connectivity index (χ1n) is 8.98. The maximum absolute atomic E-state index is 12.0. The molecule has 0 radical (unpaired) electrons. The van der Waals surface area contributed by atoms with Gasteiger partial charge in [0.25, 0.3) is 5.56 Å². The highest BCUT2D eigenvalue weighted by Crippen LogP contribution is 2.25. The van der Waals surface area contributed by atoms with Crippen LogP contribution in [0.25, 0.3) is 11.1 Å². The summed E-state index contributed by atoms with van der Waals surface area (Å²) < 4.78 is 5.92. The number of hydrogen-bond donors (Lipinski definition) is 1. The fourth-order valence-electron chi connectivity index (χ4n) is 3.55. The molecule has 1 heterocycles. The van der Waals surface area contributed by atoms with Gasteiger partial charge in [-0.2, -0.15) is 5.26 Å². The number of nitrogens with zero attached hydrogens (tertiary/aromatic N) is 1. The monoisotopic (exact) mass is 336 g/mol. The number of aryl methyl sites for hydroxylation is 1. The SMILES string of the molecule is Cc1cc(-c2cccc(COCC3CCCCC3)c2)c(C#N)c(=O)[nH]1. The molecule has 0 saturated heterocycles. The number of aromatic amines is 1. The van der Waals surface area contributed by atoms with Gasteiger partial charge in [-0.15, -0.1) is 0 Å². The Hall–Kier alpha value is -2.38. The minimum absolute atomic E-state index is 0.158. The van der Waals surface area contributed by atoms with E-state index < -0.39 is 0 Å². The molecule has 1 aromatic carbocycles. The maximum atomic E-state index is 12.0. The lowest BCUT2D eigenvalue weighted by Crippen LogP contribution is -2.13.